The summed E-state index contributed by atoms with van der Waals surface area (Å²) in [5, 5.41) is 3.33. The van der Waals surface area contributed by atoms with E-state index >= 15 is 0 Å². The summed E-state index contributed by atoms with van der Waals surface area (Å²) in [4.78, 5) is 7.25. The maximum Gasteiger partial charge on any atom is 0.0574 e. The zero-order chi connectivity index (χ0) is 14.7. The smallest absolute Gasteiger partial charge is 0.0574 e. The van der Waals surface area contributed by atoms with Crippen molar-refractivity contribution in [2.75, 3.05) is 25.0 Å². The molecule has 21 heavy (non-hydrogen) atoms. The van der Waals surface area contributed by atoms with E-state index in [4.69, 9.17) is 4.98 Å². The van der Waals surface area contributed by atoms with Gasteiger partial charge in [-0.1, -0.05) is 26.2 Å². The van der Waals surface area contributed by atoms with E-state index in [2.05, 4.69) is 35.5 Å². The van der Waals surface area contributed by atoms with Crippen LogP contribution >= 0.6 is 0 Å². The van der Waals surface area contributed by atoms with Gasteiger partial charge in [-0.05, 0) is 50.3 Å². The highest BCUT2D eigenvalue weighted by molar-refractivity contribution is 5.45. The van der Waals surface area contributed by atoms with Crippen LogP contribution in [0.2, 0.25) is 0 Å². The molecule has 0 spiro atoms. The van der Waals surface area contributed by atoms with Gasteiger partial charge < -0.3 is 10.2 Å². The van der Waals surface area contributed by atoms with E-state index in [9.17, 15) is 0 Å². The molecule has 2 heterocycles. The molecule has 0 radical (unpaired) electrons. The van der Waals surface area contributed by atoms with Gasteiger partial charge in [0, 0.05) is 19.1 Å². The molecule has 2 fully saturated rings. The molecule has 1 saturated heterocycles. The molecule has 3 atom stereocenters. The van der Waals surface area contributed by atoms with Crippen LogP contribution in [0.3, 0.4) is 0 Å². The second-order valence-electron chi connectivity index (χ2n) is 6.73. The number of nitrogens with zero attached hydrogens (tertiary/aromatic N) is 2. The lowest BCUT2D eigenvalue weighted by atomic mass is 9.75. The van der Waals surface area contributed by atoms with Crippen molar-refractivity contribution in [3.8, 4) is 0 Å². The van der Waals surface area contributed by atoms with E-state index in [0.29, 0.717) is 6.04 Å². The molecule has 3 nitrogen and oxygen atoms in total. The predicted octanol–water partition coefficient (Wildman–Crippen LogP) is 3.77. The number of anilines is 1. The van der Waals surface area contributed by atoms with Crippen LogP contribution in [0.1, 0.15) is 57.2 Å². The molecule has 1 aromatic rings. The summed E-state index contributed by atoms with van der Waals surface area (Å²) < 4.78 is 0. The highest BCUT2D eigenvalue weighted by atomic mass is 15.1. The van der Waals surface area contributed by atoms with Crippen molar-refractivity contribution in [2.24, 2.45) is 11.8 Å². The molecule has 3 heteroatoms. The number of fused-ring (bicyclic) bond motifs is 1. The van der Waals surface area contributed by atoms with E-state index in [1.54, 1.807) is 0 Å². The number of piperidine rings is 1. The normalized spacial score (nSPS) is 27.2. The van der Waals surface area contributed by atoms with Crippen LogP contribution in [-0.2, 0) is 0 Å². The van der Waals surface area contributed by atoms with Crippen molar-refractivity contribution in [1.29, 1.82) is 0 Å². The molecular weight excluding hydrogens is 258 g/mol. The number of hydrogen-bond acceptors (Lipinski definition) is 3. The van der Waals surface area contributed by atoms with Gasteiger partial charge in [0.05, 0.1) is 17.6 Å². The van der Waals surface area contributed by atoms with Gasteiger partial charge in [-0.15, -0.1) is 0 Å². The monoisotopic (exact) mass is 287 g/mol. The quantitative estimate of drug-likeness (QED) is 0.913. The fraction of sp³-hybridized carbons (Fsp3) is 0.722. The number of aromatic nitrogens is 1. The number of hydrogen-bond donors (Lipinski definition) is 1. The van der Waals surface area contributed by atoms with Gasteiger partial charge in [-0.2, -0.15) is 0 Å². The summed E-state index contributed by atoms with van der Waals surface area (Å²) >= 11 is 0. The van der Waals surface area contributed by atoms with Crippen LogP contribution in [0.15, 0.2) is 18.3 Å². The minimum Gasteiger partial charge on any atom is -0.370 e. The summed E-state index contributed by atoms with van der Waals surface area (Å²) in [6.07, 6.45) is 10.3. The van der Waals surface area contributed by atoms with Crippen LogP contribution in [-0.4, -0.2) is 25.1 Å². The lowest BCUT2D eigenvalue weighted by Crippen LogP contribution is -2.41. The highest BCUT2D eigenvalue weighted by Gasteiger charge is 2.31. The maximum absolute atomic E-state index is 4.70. The Bertz CT molecular complexity index is 438. The Morgan fingerprint density at radius 3 is 2.71 bits per heavy atom. The molecule has 0 aromatic carbocycles. The Balaban J connectivity index is 1.67. The zero-order valence-electron chi connectivity index (χ0n) is 13.5. The number of rotatable bonds is 4. The standard InChI is InChI=1S/C18H29N3/c1-3-17(19-2)18-9-8-16(12-20-18)21-11-10-14-6-4-5-7-15(14)13-21/h8-9,12,14-15,17,19H,3-7,10-11,13H2,1-2H3. The Labute approximate surface area is 129 Å². The van der Waals surface area contributed by atoms with Crippen molar-refractivity contribution in [1.82, 2.24) is 10.3 Å². The predicted molar refractivity (Wildman–Crippen MR) is 88.6 cm³/mol. The van der Waals surface area contributed by atoms with Gasteiger partial charge in [0.1, 0.15) is 0 Å². The SMILES string of the molecule is CCC(NC)c1ccc(N2CCC3CCCCC3C2)cn1. The lowest BCUT2D eigenvalue weighted by molar-refractivity contribution is 0.202. The van der Waals surface area contributed by atoms with Gasteiger partial charge in [0.2, 0.25) is 0 Å². The van der Waals surface area contributed by atoms with Crippen LogP contribution < -0.4 is 10.2 Å². The largest absolute Gasteiger partial charge is 0.370 e. The summed E-state index contributed by atoms with van der Waals surface area (Å²) in [5.41, 5.74) is 2.48. The second kappa shape index (κ2) is 6.78. The fourth-order valence-electron chi connectivity index (χ4n) is 4.19. The summed E-state index contributed by atoms with van der Waals surface area (Å²) in [5.74, 6) is 1.92. The Morgan fingerprint density at radius 1 is 1.24 bits per heavy atom. The van der Waals surface area contributed by atoms with E-state index in [0.717, 1.165) is 24.0 Å². The molecule has 0 bridgehead atoms. The maximum atomic E-state index is 4.70. The minimum atomic E-state index is 0.378. The third kappa shape index (κ3) is 3.23. The van der Waals surface area contributed by atoms with Crippen molar-refractivity contribution in [3.63, 3.8) is 0 Å². The molecular formula is C18H29N3. The molecule has 1 aliphatic carbocycles. The molecule has 1 aromatic heterocycles. The lowest BCUT2D eigenvalue weighted by Gasteiger charge is -2.42. The Morgan fingerprint density at radius 2 is 2.05 bits per heavy atom. The van der Waals surface area contributed by atoms with Gasteiger partial charge in [0.25, 0.3) is 0 Å². The summed E-state index contributed by atoms with van der Waals surface area (Å²) in [6.45, 7) is 4.66. The summed E-state index contributed by atoms with van der Waals surface area (Å²) in [7, 11) is 2.01. The van der Waals surface area contributed by atoms with Gasteiger partial charge in [-0.3, -0.25) is 4.98 Å². The van der Waals surface area contributed by atoms with Crippen molar-refractivity contribution < 1.29 is 0 Å². The van der Waals surface area contributed by atoms with E-state index in [1.807, 2.05) is 7.05 Å². The molecule has 3 rings (SSSR count). The topological polar surface area (TPSA) is 28.2 Å². The van der Waals surface area contributed by atoms with Crippen molar-refractivity contribution in [2.45, 2.75) is 51.5 Å². The van der Waals surface area contributed by atoms with Gasteiger partial charge >= 0.3 is 0 Å². The van der Waals surface area contributed by atoms with Gasteiger partial charge in [0.15, 0.2) is 0 Å². The second-order valence-corrected chi connectivity index (χ2v) is 6.73. The molecule has 116 valence electrons. The van der Waals surface area contributed by atoms with Crippen LogP contribution in [0.25, 0.3) is 0 Å². The average molecular weight is 287 g/mol. The molecule has 2 aliphatic rings. The number of nitrogens with one attached hydrogen (secondary N) is 1. The number of pyridine rings is 1. The first-order valence-corrected chi connectivity index (χ1v) is 8.70. The minimum absolute atomic E-state index is 0.378. The fourth-order valence-corrected chi connectivity index (χ4v) is 4.19. The van der Waals surface area contributed by atoms with Crippen LogP contribution in [0, 0.1) is 11.8 Å². The summed E-state index contributed by atoms with van der Waals surface area (Å²) in [6, 6.07) is 4.85. The zero-order valence-corrected chi connectivity index (χ0v) is 13.5. The molecule has 1 N–H and O–H groups in total. The van der Waals surface area contributed by atoms with Crippen molar-refractivity contribution in [3.05, 3.63) is 24.0 Å². The first-order chi connectivity index (χ1) is 10.3. The third-order valence-electron chi connectivity index (χ3n) is 5.54. The average Bonchev–Trinajstić information content (AvgIpc) is 2.56. The van der Waals surface area contributed by atoms with Crippen LogP contribution in [0.4, 0.5) is 5.69 Å². The van der Waals surface area contributed by atoms with E-state index < -0.39 is 0 Å². The Kier molecular flexibility index (Phi) is 4.79. The molecule has 1 saturated carbocycles. The molecule has 3 unspecified atom stereocenters. The van der Waals surface area contributed by atoms with E-state index in [-0.39, 0.29) is 0 Å². The van der Waals surface area contributed by atoms with Gasteiger partial charge in [-0.25, -0.2) is 0 Å². The Hall–Kier alpha value is -1.09. The van der Waals surface area contributed by atoms with E-state index in [1.165, 1.54) is 50.9 Å². The first-order valence-electron chi connectivity index (χ1n) is 8.70. The molecule has 1 aliphatic heterocycles. The highest BCUT2D eigenvalue weighted by Crippen LogP contribution is 2.37. The third-order valence-corrected chi connectivity index (χ3v) is 5.54. The molecule has 0 amide bonds. The van der Waals surface area contributed by atoms with Crippen LogP contribution in [0.5, 0.6) is 0 Å². The first kappa shape index (κ1) is 14.8. The van der Waals surface area contributed by atoms with Crippen molar-refractivity contribution >= 4 is 5.69 Å².